The number of hydrogen-bond acceptors (Lipinski definition) is 4. The van der Waals surface area contributed by atoms with Gasteiger partial charge in [-0.2, -0.15) is 0 Å². The van der Waals surface area contributed by atoms with Crippen LogP contribution in [0.15, 0.2) is 200 Å². The third kappa shape index (κ3) is 5.88. The van der Waals surface area contributed by atoms with Crippen LogP contribution in [0.25, 0.3) is 93.9 Å². The van der Waals surface area contributed by atoms with Crippen molar-refractivity contribution in [2.24, 2.45) is 0 Å². The summed E-state index contributed by atoms with van der Waals surface area (Å²) in [5.74, 6) is 0. The molecule has 0 saturated heterocycles. The second kappa shape index (κ2) is 13.5. The van der Waals surface area contributed by atoms with Crippen LogP contribution in [0.3, 0.4) is 0 Å². The number of hydrogen-bond donors (Lipinski definition) is 0. The zero-order chi connectivity index (χ0) is 38.2. The summed E-state index contributed by atoms with van der Waals surface area (Å²) in [6, 6.07) is 74.1. The SMILES string of the molecule is c1ccc2cc3sc(-c4ccc(N(c5ccc(-c6cc7cc8ccccc8cc7s6)cc5)c5ccc(-c6cc7cc8ccccc8cc7s6)cc5)cc4)cc3cc2c1. The van der Waals surface area contributed by atoms with Crippen molar-refractivity contribution in [1.82, 2.24) is 0 Å². The lowest BCUT2D eigenvalue weighted by Crippen LogP contribution is -2.09. The van der Waals surface area contributed by atoms with Gasteiger partial charge in [-0.05, 0) is 156 Å². The van der Waals surface area contributed by atoms with Gasteiger partial charge in [-0.15, -0.1) is 34.0 Å². The van der Waals surface area contributed by atoms with Crippen LogP contribution in [0.1, 0.15) is 0 Å². The largest absolute Gasteiger partial charge is 0.311 e. The van der Waals surface area contributed by atoms with Gasteiger partial charge in [0.1, 0.15) is 0 Å². The Balaban J connectivity index is 0.911. The molecular weight excluding hydrogens is 759 g/mol. The van der Waals surface area contributed by atoms with Crippen LogP contribution in [0, 0.1) is 0 Å². The van der Waals surface area contributed by atoms with Gasteiger partial charge in [0.2, 0.25) is 0 Å². The minimum Gasteiger partial charge on any atom is -0.311 e. The number of fused-ring (bicyclic) bond motifs is 6. The fourth-order valence-electron chi connectivity index (χ4n) is 8.38. The summed E-state index contributed by atoms with van der Waals surface area (Å²) < 4.78 is 3.95. The third-order valence-corrected chi connectivity index (χ3v) is 14.8. The Kier molecular flexibility index (Phi) is 7.83. The fraction of sp³-hybridized carbons (Fsp3) is 0. The standard InChI is InChI=1S/C54H33NS3/c1-4-10-40-28-52-43(25-37(40)7-1)31-49(56-52)34-13-19-46(20-14-34)55(47-21-15-35(16-22-47)50-32-44-26-38-8-2-5-11-41(38)29-53(44)57-50)48-23-17-36(18-24-48)51-33-45-27-39-9-3-6-12-42(39)30-54(45)58-51/h1-33H. The Morgan fingerprint density at radius 1 is 0.241 bits per heavy atom. The van der Waals surface area contributed by atoms with E-state index in [-0.39, 0.29) is 0 Å². The Morgan fingerprint density at radius 3 is 0.776 bits per heavy atom. The lowest BCUT2D eigenvalue weighted by molar-refractivity contribution is 1.28. The number of anilines is 3. The van der Waals surface area contributed by atoms with Gasteiger partial charge >= 0.3 is 0 Å². The van der Waals surface area contributed by atoms with E-state index < -0.39 is 0 Å². The third-order valence-electron chi connectivity index (χ3n) is 11.4. The van der Waals surface area contributed by atoms with Crippen LogP contribution in [-0.4, -0.2) is 0 Å². The summed E-state index contributed by atoms with van der Waals surface area (Å²) in [6.07, 6.45) is 0. The minimum absolute atomic E-state index is 1.12. The Bertz CT molecular complexity index is 2960. The smallest absolute Gasteiger partial charge is 0.0462 e. The number of thiophene rings is 3. The molecule has 9 aromatic carbocycles. The molecule has 0 radical (unpaired) electrons. The van der Waals surface area contributed by atoms with Gasteiger partial charge in [-0.3, -0.25) is 0 Å². The first kappa shape index (κ1) is 33.6. The molecule has 0 N–H and O–H groups in total. The zero-order valence-corrected chi connectivity index (χ0v) is 33.7. The second-order valence-corrected chi connectivity index (χ2v) is 18.3. The molecule has 0 bridgehead atoms. The van der Waals surface area contributed by atoms with Crippen molar-refractivity contribution in [3.8, 4) is 31.3 Å². The highest BCUT2D eigenvalue weighted by Crippen LogP contribution is 2.43. The first-order valence-corrected chi connectivity index (χ1v) is 22.0. The zero-order valence-electron chi connectivity index (χ0n) is 31.2. The molecule has 0 aliphatic heterocycles. The molecule has 0 fully saturated rings. The normalized spacial score (nSPS) is 11.8. The van der Waals surface area contributed by atoms with Gasteiger partial charge in [0.25, 0.3) is 0 Å². The molecule has 0 aliphatic carbocycles. The highest BCUT2D eigenvalue weighted by atomic mass is 32.1. The molecule has 1 nitrogen and oxygen atoms in total. The minimum atomic E-state index is 1.12. The van der Waals surface area contributed by atoms with Crippen LogP contribution in [0.2, 0.25) is 0 Å². The Hall–Kier alpha value is -6.56. The molecule has 0 spiro atoms. The molecule has 58 heavy (non-hydrogen) atoms. The van der Waals surface area contributed by atoms with Gasteiger partial charge < -0.3 is 4.90 Å². The van der Waals surface area contributed by atoms with Crippen molar-refractivity contribution in [3.05, 3.63) is 200 Å². The van der Waals surface area contributed by atoms with Gasteiger partial charge in [0.05, 0.1) is 0 Å². The average molecular weight is 792 g/mol. The van der Waals surface area contributed by atoms with Gasteiger partial charge in [-0.25, -0.2) is 0 Å². The lowest BCUT2D eigenvalue weighted by Gasteiger charge is -2.26. The van der Waals surface area contributed by atoms with Crippen LogP contribution >= 0.6 is 34.0 Å². The predicted octanol–water partition coefficient (Wildman–Crippen LogP) is 17.3. The van der Waals surface area contributed by atoms with E-state index >= 15 is 0 Å². The van der Waals surface area contributed by atoms with E-state index in [1.54, 1.807) is 0 Å². The summed E-state index contributed by atoms with van der Waals surface area (Å²) >= 11 is 5.59. The summed E-state index contributed by atoms with van der Waals surface area (Å²) in [5.41, 5.74) is 7.06. The van der Waals surface area contributed by atoms with Crippen molar-refractivity contribution >= 4 is 114 Å². The topological polar surface area (TPSA) is 3.24 Å². The number of nitrogens with zero attached hydrogens (tertiary/aromatic N) is 1. The average Bonchev–Trinajstić information content (AvgIpc) is 4.01. The van der Waals surface area contributed by atoms with E-state index in [1.165, 1.54) is 93.9 Å². The second-order valence-electron chi connectivity index (χ2n) is 15.0. The van der Waals surface area contributed by atoms with Crippen LogP contribution in [0.5, 0.6) is 0 Å². The molecule has 12 aromatic rings. The highest BCUT2D eigenvalue weighted by Gasteiger charge is 2.16. The molecule has 12 rings (SSSR count). The van der Waals surface area contributed by atoms with Crippen molar-refractivity contribution in [2.45, 2.75) is 0 Å². The van der Waals surface area contributed by atoms with Crippen molar-refractivity contribution in [3.63, 3.8) is 0 Å². The number of benzene rings is 9. The quantitative estimate of drug-likeness (QED) is 0.162. The van der Waals surface area contributed by atoms with E-state index in [1.807, 2.05) is 34.0 Å². The van der Waals surface area contributed by atoms with Crippen molar-refractivity contribution in [2.75, 3.05) is 4.90 Å². The van der Waals surface area contributed by atoms with E-state index in [4.69, 9.17) is 0 Å². The van der Waals surface area contributed by atoms with Gasteiger partial charge in [0.15, 0.2) is 0 Å². The van der Waals surface area contributed by atoms with Crippen LogP contribution < -0.4 is 4.90 Å². The van der Waals surface area contributed by atoms with Crippen LogP contribution in [-0.2, 0) is 0 Å². The van der Waals surface area contributed by atoms with Gasteiger partial charge in [-0.1, -0.05) is 109 Å². The summed E-state index contributed by atoms with van der Waals surface area (Å²) in [4.78, 5) is 6.23. The molecule has 4 heteroatoms. The van der Waals surface area contributed by atoms with E-state index in [0.717, 1.165) is 17.1 Å². The monoisotopic (exact) mass is 791 g/mol. The first-order valence-electron chi connectivity index (χ1n) is 19.5. The Morgan fingerprint density at radius 2 is 0.500 bits per heavy atom. The lowest BCUT2D eigenvalue weighted by atomic mass is 10.1. The predicted molar refractivity (Wildman–Crippen MR) is 256 cm³/mol. The fourth-order valence-corrected chi connectivity index (χ4v) is 11.7. The molecular formula is C54H33NS3. The summed E-state index contributed by atoms with van der Waals surface area (Å²) in [5, 5.41) is 11.6. The molecule has 0 aliphatic rings. The van der Waals surface area contributed by atoms with Gasteiger partial charge in [0, 0.05) is 45.8 Å². The first-order chi connectivity index (χ1) is 28.6. The molecule has 0 unspecified atom stereocenters. The molecule has 0 saturated carbocycles. The van der Waals surface area contributed by atoms with Crippen LogP contribution in [0.4, 0.5) is 17.1 Å². The molecule has 272 valence electrons. The summed E-state index contributed by atoms with van der Waals surface area (Å²) in [7, 11) is 0. The maximum absolute atomic E-state index is 2.38. The van der Waals surface area contributed by atoms with E-state index in [9.17, 15) is 0 Å². The van der Waals surface area contributed by atoms with Crippen molar-refractivity contribution in [1.29, 1.82) is 0 Å². The summed E-state index contributed by atoms with van der Waals surface area (Å²) in [6.45, 7) is 0. The van der Waals surface area contributed by atoms with E-state index in [2.05, 4.69) is 205 Å². The molecule has 3 heterocycles. The van der Waals surface area contributed by atoms with Crippen molar-refractivity contribution < 1.29 is 0 Å². The molecule has 3 aromatic heterocycles. The highest BCUT2D eigenvalue weighted by molar-refractivity contribution is 7.23. The molecule has 0 atom stereocenters. The Labute approximate surface area is 347 Å². The maximum Gasteiger partial charge on any atom is 0.0462 e. The van der Waals surface area contributed by atoms with E-state index in [0.29, 0.717) is 0 Å². The maximum atomic E-state index is 2.38. The molecule has 0 amide bonds. The number of rotatable bonds is 6.